The Morgan fingerprint density at radius 2 is 1.27 bits per heavy atom. The normalized spacial score (nSPS) is 10.6. The van der Waals surface area contributed by atoms with Gasteiger partial charge < -0.3 is 19.5 Å². The molecule has 2 amide bonds. The lowest BCUT2D eigenvalue weighted by Crippen LogP contribution is -2.18. The van der Waals surface area contributed by atoms with Gasteiger partial charge in [-0.15, -0.1) is 0 Å². The third kappa shape index (κ3) is 7.33. The number of halogens is 1. The number of benzene rings is 4. The maximum absolute atomic E-state index is 12.6. The number of hydrazone groups is 1. The minimum absolute atomic E-state index is 0.263. The first kappa shape index (κ1) is 28.1. The van der Waals surface area contributed by atoms with Crippen LogP contribution < -0.4 is 25.0 Å². The van der Waals surface area contributed by atoms with Gasteiger partial charge in [-0.1, -0.05) is 15.9 Å². The fraction of sp³-hybridized carbons (Fsp3) is 0.0667. The Morgan fingerprint density at radius 1 is 0.725 bits per heavy atom. The second-order valence-corrected chi connectivity index (χ2v) is 9.17. The topological polar surface area (TPSA) is 115 Å². The number of ether oxygens (including phenoxy) is 3. The molecule has 0 aromatic heterocycles. The van der Waals surface area contributed by atoms with Crippen molar-refractivity contribution in [3.05, 3.63) is 118 Å². The van der Waals surface area contributed by atoms with Gasteiger partial charge in [-0.2, -0.15) is 5.10 Å². The molecule has 4 aromatic rings. The molecule has 0 fully saturated rings. The highest BCUT2D eigenvalue weighted by Crippen LogP contribution is 2.23. The van der Waals surface area contributed by atoms with Crippen LogP contribution in [0, 0.1) is 0 Å². The van der Waals surface area contributed by atoms with Gasteiger partial charge in [0.2, 0.25) is 0 Å². The number of amides is 2. The van der Waals surface area contributed by atoms with Crippen molar-refractivity contribution < 1.29 is 28.6 Å². The van der Waals surface area contributed by atoms with Crippen LogP contribution in [0.3, 0.4) is 0 Å². The van der Waals surface area contributed by atoms with E-state index in [-0.39, 0.29) is 11.7 Å². The number of hydrogen-bond donors (Lipinski definition) is 2. The van der Waals surface area contributed by atoms with Crippen molar-refractivity contribution in [3.63, 3.8) is 0 Å². The Kier molecular flexibility index (Phi) is 9.27. The van der Waals surface area contributed by atoms with E-state index < -0.39 is 11.9 Å². The molecule has 9 nitrogen and oxygen atoms in total. The van der Waals surface area contributed by atoms with Gasteiger partial charge in [-0.05, 0) is 91.0 Å². The summed E-state index contributed by atoms with van der Waals surface area (Å²) in [4.78, 5) is 37.6. The highest BCUT2D eigenvalue weighted by atomic mass is 79.9. The Hall–Kier alpha value is -4.96. The lowest BCUT2D eigenvalue weighted by Gasteiger charge is -2.09. The van der Waals surface area contributed by atoms with E-state index in [1.54, 1.807) is 105 Å². The van der Waals surface area contributed by atoms with Crippen LogP contribution in [0.1, 0.15) is 36.6 Å². The first-order valence-electron chi connectivity index (χ1n) is 11.9. The summed E-state index contributed by atoms with van der Waals surface area (Å²) in [5.74, 6) is 0.233. The summed E-state index contributed by atoms with van der Waals surface area (Å²) in [7, 11) is 3.09. The largest absolute Gasteiger partial charge is 0.497 e. The lowest BCUT2D eigenvalue weighted by atomic mass is 10.1. The molecular weight excluding hydrogens is 578 g/mol. The van der Waals surface area contributed by atoms with Gasteiger partial charge in [-0.3, -0.25) is 9.59 Å². The molecule has 0 aliphatic carbocycles. The van der Waals surface area contributed by atoms with Crippen molar-refractivity contribution in [2.75, 3.05) is 19.5 Å². The maximum atomic E-state index is 12.6. The van der Waals surface area contributed by atoms with E-state index in [0.717, 1.165) is 4.47 Å². The summed E-state index contributed by atoms with van der Waals surface area (Å²) in [5.41, 5.74) is 4.60. The highest BCUT2D eigenvalue weighted by Gasteiger charge is 2.13. The second-order valence-electron chi connectivity index (χ2n) is 8.26. The van der Waals surface area contributed by atoms with E-state index in [0.29, 0.717) is 39.4 Å². The molecule has 0 spiro atoms. The van der Waals surface area contributed by atoms with Gasteiger partial charge in [0.05, 0.1) is 26.0 Å². The first-order valence-corrected chi connectivity index (χ1v) is 12.7. The molecule has 0 saturated carbocycles. The van der Waals surface area contributed by atoms with Crippen LogP contribution in [0.15, 0.2) is 101 Å². The third-order valence-electron chi connectivity index (χ3n) is 5.63. The zero-order valence-corrected chi connectivity index (χ0v) is 23.1. The molecule has 0 aliphatic heterocycles. The van der Waals surface area contributed by atoms with Crippen LogP contribution in [0.4, 0.5) is 5.69 Å². The van der Waals surface area contributed by atoms with Crippen LogP contribution in [-0.4, -0.2) is 38.2 Å². The summed E-state index contributed by atoms with van der Waals surface area (Å²) in [5, 5.41) is 6.79. The first-order chi connectivity index (χ1) is 19.4. The van der Waals surface area contributed by atoms with E-state index in [9.17, 15) is 14.4 Å². The lowest BCUT2D eigenvalue weighted by molar-refractivity contribution is 0.0733. The molecule has 2 N–H and O–H groups in total. The van der Waals surface area contributed by atoms with Crippen LogP contribution in [-0.2, 0) is 0 Å². The van der Waals surface area contributed by atoms with Gasteiger partial charge in [0.15, 0.2) is 0 Å². The van der Waals surface area contributed by atoms with Crippen molar-refractivity contribution in [1.29, 1.82) is 0 Å². The summed E-state index contributed by atoms with van der Waals surface area (Å²) < 4.78 is 16.5. The van der Waals surface area contributed by atoms with Crippen molar-refractivity contribution >= 4 is 45.6 Å². The average molecular weight is 602 g/mol. The van der Waals surface area contributed by atoms with Gasteiger partial charge >= 0.3 is 5.97 Å². The number of esters is 1. The molecule has 10 heteroatoms. The molecule has 40 heavy (non-hydrogen) atoms. The van der Waals surface area contributed by atoms with Gasteiger partial charge in [0.1, 0.15) is 17.2 Å². The van der Waals surface area contributed by atoms with Crippen LogP contribution >= 0.6 is 15.9 Å². The van der Waals surface area contributed by atoms with Crippen LogP contribution in [0.25, 0.3) is 0 Å². The van der Waals surface area contributed by atoms with Crippen molar-refractivity contribution in [3.8, 4) is 17.2 Å². The smallest absolute Gasteiger partial charge is 0.343 e. The number of carbonyl (C=O) groups is 3. The average Bonchev–Trinajstić information content (AvgIpc) is 2.98. The number of carbonyl (C=O) groups excluding carboxylic acids is 3. The Balaban J connectivity index is 1.37. The summed E-state index contributed by atoms with van der Waals surface area (Å²) in [6.45, 7) is 0. The predicted molar refractivity (Wildman–Crippen MR) is 155 cm³/mol. The van der Waals surface area contributed by atoms with Crippen molar-refractivity contribution in [2.45, 2.75) is 0 Å². The standard InChI is InChI=1S/C30H24BrN3O6/c1-38-25-12-5-19(6-13-25)28(35)33-24-10-3-20(4-11-24)29(36)34-32-18-22-17-23(31)9-16-27(22)40-30(37)21-7-14-26(39-2)15-8-21/h3-18H,1-2H3,(H,33,35)(H,34,36)/b32-18-. The Bertz CT molecular complexity index is 1540. The van der Waals surface area contributed by atoms with E-state index in [4.69, 9.17) is 14.2 Å². The Morgan fingerprint density at radius 3 is 1.88 bits per heavy atom. The molecular formula is C30H24BrN3O6. The number of nitrogens with zero attached hydrogens (tertiary/aromatic N) is 1. The minimum atomic E-state index is -0.553. The summed E-state index contributed by atoms with van der Waals surface area (Å²) >= 11 is 3.39. The van der Waals surface area contributed by atoms with E-state index >= 15 is 0 Å². The number of nitrogens with one attached hydrogen (secondary N) is 2. The summed E-state index contributed by atoms with van der Waals surface area (Å²) in [6.07, 6.45) is 1.38. The molecule has 0 aliphatic rings. The van der Waals surface area contributed by atoms with Gasteiger partial charge in [0.25, 0.3) is 11.8 Å². The van der Waals surface area contributed by atoms with Crippen molar-refractivity contribution in [1.82, 2.24) is 5.43 Å². The summed E-state index contributed by atoms with van der Waals surface area (Å²) in [6, 6.07) is 24.6. The van der Waals surface area contributed by atoms with Gasteiger partial charge in [0, 0.05) is 26.9 Å². The van der Waals surface area contributed by atoms with E-state index in [2.05, 4.69) is 31.8 Å². The number of anilines is 1. The SMILES string of the molecule is COc1ccc(C(=O)Nc2ccc(C(=O)N/N=C\c3cc(Br)ccc3OC(=O)c3ccc(OC)cc3)cc2)cc1. The maximum Gasteiger partial charge on any atom is 0.343 e. The fourth-order valence-corrected chi connectivity index (χ4v) is 3.85. The molecule has 0 heterocycles. The molecule has 202 valence electrons. The monoisotopic (exact) mass is 601 g/mol. The fourth-order valence-electron chi connectivity index (χ4n) is 3.47. The number of hydrogen-bond acceptors (Lipinski definition) is 7. The molecule has 0 unspecified atom stereocenters. The highest BCUT2D eigenvalue weighted by molar-refractivity contribution is 9.10. The zero-order valence-electron chi connectivity index (χ0n) is 21.5. The molecule has 4 rings (SSSR count). The van der Waals surface area contributed by atoms with Gasteiger partial charge in [-0.25, -0.2) is 10.2 Å². The number of methoxy groups -OCH3 is 2. The minimum Gasteiger partial charge on any atom is -0.497 e. The van der Waals surface area contributed by atoms with Crippen LogP contribution in [0.5, 0.6) is 17.2 Å². The van der Waals surface area contributed by atoms with E-state index in [1.807, 2.05) is 0 Å². The zero-order chi connectivity index (χ0) is 28.5. The quantitative estimate of drug-likeness (QED) is 0.110. The van der Waals surface area contributed by atoms with Crippen molar-refractivity contribution in [2.24, 2.45) is 5.10 Å². The third-order valence-corrected chi connectivity index (χ3v) is 6.12. The molecule has 4 aromatic carbocycles. The second kappa shape index (κ2) is 13.2. The van der Waals surface area contributed by atoms with E-state index in [1.165, 1.54) is 6.21 Å². The predicted octanol–water partition coefficient (Wildman–Crippen LogP) is 5.70. The molecule has 0 atom stereocenters. The molecule has 0 bridgehead atoms. The van der Waals surface area contributed by atoms with Crippen LogP contribution in [0.2, 0.25) is 0 Å². The molecule has 0 saturated heterocycles. The molecule has 0 radical (unpaired) electrons. The number of rotatable bonds is 9. The Labute approximate surface area is 238 Å².